The molecule has 3 rings (SSSR count). The van der Waals surface area contributed by atoms with Crippen LogP contribution in [0.3, 0.4) is 0 Å². The molecule has 7 heteroatoms. The summed E-state index contributed by atoms with van der Waals surface area (Å²) in [5.41, 5.74) is 4.62. The molecule has 2 heterocycles. The summed E-state index contributed by atoms with van der Waals surface area (Å²) in [5.74, 6) is 0.236. The summed E-state index contributed by atoms with van der Waals surface area (Å²) in [7, 11) is 1.61. The van der Waals surface area contributed by atoms with Gasteiger partial charge in [-0.2, -0.15) is 5.26 Å². The highest BCUT2D eigenvalue weighted by atomic mass is 32.1. The van der Waals surface area contributed by atoms with Crippen LogP contribution in [0.4, 0.5) is 5.13 Å². The van der Waals surface area contributed by atoms with Gasteiger partial charge in [0.1, 0.15) is 17.4 Å². The predicted octanol–water partition coefficient (Wildman–Crippen LogP) is 5.19. The largest absolute Gasteiger partial charge is 0.496 e. The number of benzene rings is 1. The molecule has 0 bridgehead atoms. The maximum atomic E-state index is 12.7. The van der Waals surface area contributed by atoms with Crippen molar-refractivity contribution in [1.82, 2.24) is 9.55 Å². The second-order valence-electron chi connectivity index (χ2n) is 6.84. The SMILES string of the molecule is CCCn1c(C)cc(/C=C(\C#N)C(=O)Nc2nc(-c3ccccc3OC)cs2)c1C. The van der Waals surface area contributed by atoms with E-state index in [0.717, 1.165) is 35.5 Å². The Labute approximate surface area is 180 Å². The van der Waals surface area contributed by atoms with E-state index in [1.807, 2.05) is 55.6 Å². The summed E-state index contributed by atoms with van der Waals surface area (Å²) in [6.07, 6.45) is 2.66. The Morgan fingerprint density at radius 1 is 1.37 bits per heavy atom. The summed E-state index contributed by atoms with van der Waals surface area (Å²) in [6.45, 7) is 7.06. The Hall–Kier alpha value is -3.37. The van der Waals surface area contributed by atoms with Crippen molar-refractivity contribution < 1.29 is 9.53 Å². The number of ether oxygens (including phenoxy) is 1. The number of nitriles is 1. The molecule has 0 saturated heterocycles. The van der Waals surface area contributed by atoms with Crippen LogP contribution in [0.2, 0.25) is 0 Å². The van der Waals surface area contributed by atoms with Crippen molar-refractivity contribution in [1.29, 1.82) is 5.26 Å². The first-order chi connectivity index (χ1) is 14.5. The molecular formula is C23H24N4O2S. The van der Waals surface area contributed by atoms with Gasteiger partial charge in [-0.25, -0.2) is 4.98 Å². The van der Waals surface area contributed by atoms with E-state index in [2.05, 4.69) is 21.8 Å². The molecule has 3 aromatic rings. The summed E-state index contributed by atoms with van der Waals surface area (Å²) in [6, 6.07) is 11.6. The number of para-hydroxylation sites is 1. The molecule has 2 aromatic heterocycles. The summed E-state index contributed by atoms with van der Waals surface area (Å²) < 4.78 is 7.57. The van der Waals surface area contributed by atoms with Crippen LogP contribution in [0, 0.1) is 25.2 Å². The van der Waals surface area contributed by atoms with Crippen molar-refractivity contribution in [2.75, 3.05) is 12.4 Å². The number of hydrogen-bond acceptors (Lipinski definition) is 5. The van der Waals surface area contributed by atoms with Crippen LogP contribution in [-0.4, -0.2) is 22.6 Å². The van der Waals surface area contributed by atoms with Crippen LogP contribution in [0.25, 0.3) is 17.3 Å². The number of methoxy groups -OCH3 is 1. The molecule has 0 aliphatic carbocycles. The van der Waals surface area contributed by atoms with Gasteiger partial charge in [0.2, 0.25) is 0 Å². The van der Waals surface area contributed by atoms with Crippen LogP contribution in [0.5, 0.6) is 5.75 Å². The van der Waals surface area contributed by atoms with E-state index >= 15 is 0 Å². The molecule has 0 radical (unpaired) electrons. The van der Waals surface area contributed by atoms with Gasteiger partial charge in [0.05, 0.1) is 12.8 Å². The number of anilines is 1. The zero-order valence-corrected chi connectivity index (χ0v) is 18.3. The molecule has 154 valence electrons. The molecule has 1 aromatic carbocycles. The van der Waals surface area contributed by atoms with Crippen LogP contribution in [0.1, 0.15) is 30.3 Å². The number of hydrogen-bond donors (Lipinski definition) is 1. The highest BCUT2D eigenvalue weighted by Gasteiger charge is 2.15. The van der Waals surface area contributed by atoms with Gasteiger partial charge in [0, 0.05) is 28.9 Å². The molecule has 0 saturated carbocycles. The number of aryl methyl sites for hydroxylation is 1. The molecule has 0 atom stereocenters. The third kappa shape index (κ3) is 4.44. The van der Waals surface area contributed by atoms with Gasteiger partial charge in [-0.05, 0) is 50.1 Å². The third-order valence-electron chi connectivity index (χ3n) is 4.83. The van der Waals surface area contributed by atoms with Gasteiger partial charge in [-0.3, -0.25) is 10.1 Å². The fourth-order valence-electron chi connectivity index (χ4n) is 3.32. The van der Waals surface area contributed by atoms with Gasteiger partial charge >= 0.3 is 0 Å². The minimum atomic E-state index is -0.473. The lowest BCUT2D eigenvalue weighted by Gasteiger charge is -2.07. The number of nitrogens with one attached hydrogen (secondary N) is 1. The van der Waals surface area contributed by atoms with E-state index in [1.54, 1.807) is 13.2 Å². The van der Waals surface area contributed by atoms with E-state index in [9.17, 15) is 10.1 Å². The van der Waals surface area contributed by atoms with Crippen LogP contribution < -0.4 is 10.1 Å². The molecule has 1 amide bonds. The fraction of sp³-hybridized carbons (Fsp3) is 0.261. The number of rotatable bonds is 7. The summed E-state index contributed by atoms with van der Waals surface area (Å²) >= 11 is 1.30. The summed E-state index contributed by atoms with van der Waals surface area (Å²) in [5, 5.41) is 14.6. The Bertz CT molecular complexity index is 1130. The Morgan fingerprint density at radius 3 is 2.83 bits per heavy atom. The van der Waals surface area contributed by atoms with Crippen molar-refractivity contribution in [2.24, 2.45) is 0 Å². The Morgan fingerprint density at radius 2 is 2.13 bits per heavy atom. The minimum absolute atomic E-state index is 0.0424. The zero-order chi connectivity index (χ0) is 21.7. The second-order valence-corrected chi connectivity index (χ2v) is 7.70. The first-order valence-electron chi connectivity index (χ1n) is 9.67. The smallest absolute Gasteiger partial charge is 0.268 e. The Kier molecular flexibility index (Phi) is 6.70. The number of nitrogens with zero attached hydrogens (tertiary/aromatic N) is 3. The number of carbonyl (C=O) groups is 1. The normalized spacial score (nSPS) is 11.2. The van der Waals surface area contributed by atoms with E-state index in [0.29, 0.717) is 16.6 Å². The molecule has 0 aliphatic heterocycles. The average Bonchev–Trinajstić information content (AvgIpc) is 3.31. The fourth-order valence-corrected chi connectivity index (χ4v) is 4.03. The molecule has 0 unspecified atom stereocenters. The van der Waals surface area contributed by atoms with Gasteiger partial charge in [-0.1, -0.05) is 19.1 Å². The maximum Gasteiger partial charge on any atom is 0.268 e. The lowest BCUT2D eigenvalue weighted by Crippen LogP contribution is -2.13. The maximum absolute atomic E-state index is 12.7. The number of thiazole rings is 1. The lowest BCUT2D eigenvalue weighted by atomic mass is 10.1. The van der Waals surface area contributed by atoms with E-state index in [1.165, 1.54) is 11.3 Å². The standard InChI is InChI=1S/C23H24N4O2S/c1-5-10-27-15(2)11-17(16(27)3)12-18(13-24)22(28)26-23-25-20(14-30-23)19-8-6-7-9-21(19)29-4/h6-9,11-12,14H,5,10H2,1-4H3,(H,25,26,28)/b18-12+. The van der Waals surface area contributed by atoms with E-state index in [-0.39, 0.29) is 5.57 Å². The Balaban J connectivity index is 1.82. The quantitative estimate of drug-likeness (QED) is 0.421. The van der Waals surface area contributed by atoms with Gasteiger partial charge in [-0.15, -0.1) is 11.3 Å². The van der Waals surface area contributed by atoms with Crippen LogP contribution in [-0.2, 0) is 11.3 Å². The number of carbonyl (C=O) groups excluding carboxylic acids is 1. The monoisotopic (exact) mass is 420 g/mol. The zero-order valence-electron chi connectivity index (χ0n) is 17.5. The third-order valence-corrected chi connectivity index (χ3v) is 5.59. The van der Waals surface area contributed by atoms with Gasteiger partial charge < -0.3 is 9.30 Å². The molecule has 1 N–H and O–H groups in total. The molecule has 0 spiro atoms. The minimum Gasteiger partial charge on any atom is -0.496 e. The molecule has 6 nitrogen and oxygen atoms in total. The lowest BCUT2D eigenvalue weighted by molar-refractivity contribution is -0.112. The second kappa shape index (κ2) is 9.42. The van der Waals surface area contributed by atoms with Gasteiger partial charge in [0.25, 0.3) is 5.91 Å². The van der Waals surface area contributed by atoms with E-state index in [4.69, 9.17) is 4.74 Å². The first kappa shape index (κ1) is 21.3. The molecular weight excluding hydrogens is 396 g/mol. The van der Waals surface area contributed by atoms with Crippen molar-refractivity contribution in [3.8, 4) is 23.1 Å². The topological polar surface area (TPSA) is 79.9 Å². The number of aromatic nitrogens is 2. The molecule has 0 aliphatic rings. The van der Waals surface area contributed by atoms with Crippen LogP contribution in [0.15, 0.2) is 41.3 Å². The first-order valence-corrected chi connectivity index (χ1v) is 10.5. The summed E-state index contributed by atoms with van der Waals surface area (Å²) in [4.78, 5) is 17.2. The van der Waals surface area contributed by atoms with E-state index < -0.39 is 5.91 Å². The van der Waals surface area contributed by atoms with Crippen LogP contribution >= 0.6 is 11.3 Å². The van der Waals surface area contributed by atoms with Gasteiger partial charge in [0.15, 0.2) is 5.13 Å². The van der Waals surface area contributed by atoms with Crippen molar-refractivity contribution >= 4 is 28.5 Å². The molecule has 0 fully saturated rings. The van der Waals surface area contributed by atoms with Crippen molar-refractivity contribution in [3.63, 3.8) is 0 Å². The molecule has 30 heavy (non-hydrogen) atoms. The predicted molar refractivity (Wildman–Crippen MR) is 121 cm³/mol. The highest BCUT2D eigenvalue weighted by molar-refractivity contribution is 7.14. The highest BCUT2D eigenvalue weighted by Crippen LogP contribution is 2.32. The van der Waals surface area contributed by atoms with Crippen molar-refractivity contribution in [3.05, 3.63) is 58.2 Å². The van der Waals surface area contributed by atoms with Crippen molar-refractivity contribution in [2.45, 2.75) is 33.7 Å². The average molecular weight is 421 g/mol. The number of amides is 1.